The lowest BCUT2D eigenvalue weighted by molar-refractivity contribution is 0.477. The molecule has 3 aromatic carbocycles. The van der Waals surface area contributed by atoms with Gasteiger partial charge in [0.05, 0.1) is 0 Å². The van der Waals surface area contributed by atoms with Gasteiger partial charge in [0.15, 0.2) is 0 Å². The van der Waals surface area contributed by atoms with E-state index in [0.29, 0.717) is 11.1 Å². The van der Waals surface area contributed by atoms with Crippen molar-refractivity contribution in [2.75, 3.05) is 0 Å². The van der Waals surface area contributed by atoms with Crippen molar-refractivity contribution in [1.82, 2.24) is 0 Å². The highest BCUT2D eigenvalue weighted by Gasteiger charge is 2.06. The highest BCUT2D eigenvalue weighted by molar-refractivity contribution is 9.08. The molecule has 3 aromatic rings. The van der Waals surface area contributed by atoms with Gasteiger partial charge < -0.3 is 4.74 Å². The minimum Gasteiger partial charge on any atom is -0.457 e. The first-order valence-electron chi connectivity index (χ1n) is 6.27. The number of halogens is 2. The van der Waals surface area contributed by atoms with E-state index in [1.54, 1.807) is 6.07 Å². The second-order valence-electron chi connectivity index (χ2n) is 4.50. The number of alkyl halides is 1. The lowest BCUT2D eigenvalue weighted by Gasteiger charge is -2.10. The lowest BCUT2D eigenvalue weighted by Crippen LogP contribution is -1.90. The van der Waals surface area contributed by atoms with Crippen LogP contribution >= 0.6 is 15.9 Å². The molecule has 3 heteroatoms. The van der Waals surface area contributed by atoms with Crippen molar-refractivity contribution in [3.63, 3.8) is 0 Å². The van der Waals surface area contributed by atoms with E-state index in [1.807, 2.05) is 36.4 Å². The maximum atomic E-state index is 13.2. The van der Waals surface area contributed by atoms with Crippen LogP contribution in [0.5, 0.6) is 11.5 Å². The Kier molecular flexibility index (Phi) is 3.70. The largest absolute Gasteiger partial charge is 0.457 e. The zero-order valence-corrected chi connectivity index (χ0v) is 12.2. The molecule has 0 heterocycles. The highest BCUT2D eigenvalue weighted by Crippen LogP contribution is 2.29. The third-order valence-corrected chi connectivity index (χ3v) is 3.72. The van der Waals surface area contributed by atoms with Gasteiger partial charge in [-0.2, -0.15) is 0 Å². The third kappa shape index (κ3) is 2.68. The number of hydrogen-bond donors (Lipinski definition) is 0. The Balaban J connectivity index is 1.96. The smallest absolute Gasteiger partial charge is 0.131 e. The van der Waals surface area contributed by atoms with Crippen molar-refractivity contribution < 1.29 is 9.13 Å². The number of benzene rings is 3. The van der Waals surface area contributed by atoms with Gasteiger partial charge in [-0.3, -0.25) is 0 Å². The number of fused-ring (bicyclic) bond motifs is 1. The van der Waals surface area contributed by atoms with Crippen LogP contribution in [0.2, 0.25) is 0 Å². The van der Waals surface area contributed by atoms with E-state index in [1.165, 1.54) is 17.5 Å². The zero-order valence-electron chi connectivity index (χ0n) is 10.6. The van der Waals surface area contributed by atoms with E-state index in [4.69, 9.17) is 4.74 Å². The van der Waals surface area contributed by atoms with Crippen LogP contribution in [-0.4, -0.2) is 0 Å². The van der Waals surface area contributed by atoms with Gasteiger partial charge in [0.25, 0.3) is 0 Å². The normalized spacial score (nSPS) is 10.7. The molecule has 20 heavy (non-hydrogen) atoms. The van der Waals surface area contributed by atoms with Gasteiger partial charge in [-0.25, -0.2) is 4.39 Å². The Bertz CT molecular complexity index is 755. The summed E-state index contributed by atoms with van der Waals surface area (Å²) in [7, 11) is 0. The number of rotatable bonds is 3. The molecule has 0 bridgehead atoms. The van der Waals surface area contributed by atoms with E-state index in [9.17, 15) is 4.39 Å². The average Bonchev–Trinajstić information content (AvgIpc) is 2.49. The van der Waals surface area contributed by atoms with Gasteiger partial charge in [0.1, 0.15) is 17.3 Å². The van der Waals surface area contributed by atoms with Crippen LogP contribution in [-0.2, 0) is 5.33 Å². The predicted molar refractivity (Wildman–Crippen MR) is 83.1 cm³/mol. The average molecular weight is 331 g/mol. The molecule has 0 saturated carbocycles. The molecule has 0 spiro atoms. The molecule has 0 amide bonds. The summed E-state index contributed by atoms with van der Waals surface area (Å²) in [5.74, 6) is 1.15. The third-order valence-electron chi connectivity index (χ3n) is 3.12. The van der Waals surface area contributed by atoms with Crippen molar-refractivity contribution in [3.8, 4) is 11.5 Å². The summed E-state index contributed by atoms with van der Waals surface area (Å²) in [6.45, 7) is 0. The van der Waals surface area contributed by atoms with Gasteiger partial charge >= 0.3 is 0 Å². The number of ether oxygens (including phenoxy) is 1. The highest BCUT2D eigenvalue weighted by atomic mass is 79.9. The molecule has 100 valence electrons. The molecular weight excluding hydrogens is 319 g/mol. The standard InChI is InChI=1S/C17H12BrFO/c18-11-14-9-15(19)6-8-17(14)20-16-7-5-12-3-1-2-4-13(12)10-16/h1-10H,11H2. The van der Waals surface area contributed by atoms with E-state index < -0.39 is 0 Å². The SMILES string of the molecule is Fc1ccc(Oc2ccc3ccccc3c2)c(CBr)c1. The quantitative estimate of drug-likeness (QED) is 0.562. The maximum absolute atomic E-state index is 13.2. The monoisotopic (exact) mass is 330 g/mol. The summed E-state index contributed by atoms with van der Waals surface area (Å²) < 4.78 is 19.1. The van der Waals surface area contributed by atoms with Crippen molar-refractivity contribution >= 4 is 26.7 Å². The molecule has 3 rings (SSSR count). The van der Waals surface area contributed by atoms with Crippen LogP contribution in [0.15, 0.2) is 60.7 Å². The van der Waals surface area contributed by atoms with Crippen molar-refractivity contribution in [2.45, 2.75) is 5.33 Å². The van der Waals surface area contributed by atoms with Gasteiger partial charge in [-0.15, -0.1) is 0 Å². The summed E-state index contributed by atoms with van der Waals surface area (Å²) >= 11 is 3.35. The zero-order chi connectivity index (χ0) is 13.9. The molecule has 0 aliphatic carbocycles. The van der Waals surface area contributed by atoms with E-state index in [2.05, 4.69) is 22.0 Å². The molecule has 0 radical (unpaired) electrons. The van der Waals surface area contributed by atoms with E-state index >= 15 is 0 Å². The molecular formula is C17H12BrFO. The topological polar surface area (TPSA) is 9.23 Å². The minimum absolute atomic E-state index is 0.259. The maximum Gasteiger partial charge on any atom is 0.131 e. The van der Waals surface area contributed by atoms with Gasteiger partial charge in [-0.05, 0) is 41.1 Å². The van der Waals surface area contributed by atoms with E-state index in [0.717, 1.165) is 16.7 Å². The molecule has 0 fully saturated rings. The van der Waals surface area contributed by atoms with Crippen molar-refractivity contribution in [1.29, 1.82) is 0 Å². The Morgan fingerprint density at radius 3 is 2.50 bits per heavy atom. The predicted octanol–water partition coefficient (Wildman–Crippen LogP) is 5.67. The first-order chi connectivity index (χ1) is 9.76. The lowest BCUT2D eigenvalue weighted by atomic mass is 10.1. The van der Waals surface area contributed by atoms with Gasteiger partial charge in [-0.1, -0.05) is 46.3 Å². The van der Waals surface area contributed by atoms with Gasteiger partial charge in [0, 0.05) is 10.9 Å². The summed E-state index contributed by atoms with van der Waals surface area (Å²) in [5, 5.41) is 2.83. The first kappa shape index (κ1) is 13.1. The Hall–Kier alpha value is -1.87. The summed E-state index contributed by atoms with van der Waals surface area (Å²) in [5.41, 5.74) is 0.790. The molecule has 0 atom stereocenters. The van der Waals surface area contributed by atoms with Gasteiger partial charge in [0.2, 0.25) is 0 Å². The molecule has 0 aliphatic heterocycles. The Labute approximate surface area is 125 Å². The summed E-state index contributed by atoms with van der Waals surface area (Å²) in [4.78, 5) is 0. The Morgan fingerprint density at radius 1 is 0.900 bits per heavy atom. The number of hydrogen-bond acceptors (Lipinski definition) is 1. The van der Waals surface area contributed by atoms with Crippen molar-refractivity contribution in [3.05, 3.63) is 72.0 Å². The second-order valence-corrected chi connectivity index (χ2v) is 5.06. The van der Waals surface area contributed by atoms with Crippen LogP contribution in [0.3, 0.4) is 0 Å². The Morgan fingerprint density at radius 2 is 1.70 bits per heavy atom. The second kappa shape index (κ2) is 5.63. The first-order valence-corrected chi connectivity index (χ1v) is 7.39. The molecule has 0 aromatic heterocycles. The van der Waals surface area contributed by atoms with Crippen molar-refractivity contribution in [2.24, 2.45) is 0 Å². The fourth-order valence-corrected chi connectivity index (χ4v) is 2.55. The fraction of sp³-hybridized carbons (Fsp3) is 0.0588. The summed E-state index contributed by atoms with van der Waals surface area (Å²) in [6.07, 6.45) is 0. The van der Waals surface area contributed by atoms with Crippen LogP contribution in [0, 0.1) is 5.82 Å². The summed E-state index contributed by atoms with van der Waals surface area (Å²) in [6, 6.07) is 18.6. The van der Waals surface area contributed by atoms with Crippen LogP contribution in [0.1, 0.15) is 5.56 Å². The molecule has 0 saturated heterocycles. The minimum atomic E-state index is -0.259. The molecule has 1 nitrogen and oxygen atoms in total. The van der Waals surface area contributed by atoms with Crippen LogP contribution in [0.4, 0.5) is 4.39 Å². The molecule has 0 aliphatic rings. The molecule has 0 N–H and O–H groups in total. The fourth-order valence-electron chi connectivity index (χ4n) is 2.11. The van der Waals surface area contributed by atoms with Crippen LogP contribution in [0.25, 0.3) is 10.8 Å². The van der Waals surface area contributed by atoms with Crippen LogP contribution < -0.4 is 4.74 Å². The molecule has 0 unspecified atom stereocenters. The van der Waals surface area contributed by atoms with E-state index in [-0.39, 0.29) is 5.82 Å².